The second-order valence-corrected chi connectivity index (χ2v) is 3.57. The average Bonchev–Trinajstić information content (AvgIpc) is 2.67. The number of aromatic nitrogens is 3. The zero-order valence-corrected chi connectivity index (χ0v) is 8.23. The molecule has 2 rings (SSSR count). The number of methoxy groups -OCH3 is 1. The van der Waals surface area contributed by atoms with Crippen LogP contribution < -0.4 is 5.73 Å². The maximum absolute atomic E-state index is 5.53. The molecule has 0 radical (unpaired) electrons. The van der Waals surface area contributed by atoms with Crippen LogP contribution in [0.1, 0.15) is 31.5 Å². The summed E-state index contributed by atoms with van der Waals surface area (Å²) in [4.78, 5) is 12.0. The molecule has 0 atom stereocenters. The number of ether oxygens (including phenoxy) is 1. The van der Waals surface area contributed by atoms with E-state index < -0.39 is 0 Å². The van der Waals surface area contributed by atoms with Crippen molar-refractivity contribution in [3.05, 3.63) is 12.2 Å². The first-order chi connectivity index (χ1) is 6.77. The van der Waals surface area contributed by atoms with Crippen molar-refractivity contribution >= 4 is 5.95 Å². The summed E-state index contributed by atoms with van der Waals surface area (Å²) in [6.07, 6.45) is 5.68. The molecule has 1 fully saturated rings. The van der Waals surface area contributed by atoms with E-state index in [9.17, 15) is 0 Å². The summed E-state index contributed by atoms with van der Waals surface area (Å²) in [5.74, 6) is 0.934. The van der Waals surface area contributed by atoms with Gasteiger partial charge in [-0.3, -0.25) is 0 Å². The molecule has 76 valence electrons. The summed E-state index contributed by atoms with van der Waals surface area (Å²) in [5, 5.41) is 0. The summed E-state index contributed by atoms with van der Waals surface area (Å²) in [5.41, 5.74) is 5.20. The van der Waals surface area contributed by atoms with E-state index in [0.717, 1.165) is 25.7 Å². The SMILES string of the molecule is COC1(c2ncnc(N)n2)CCCC1. The third kappa shape index (κ3) is 1.43. The molecule has 0 aliphatic heterocycles. The number of nitrogens with two attached hydrogens (primary N) is 1. The Hall–Kier alpha value is -1.23. The molecule has 2 N–H and O–H groups in total. The minimum Gasteiger partial charge on any atom is -0.370 e. The summed E-state index contributed by atoms with van der Waals surface area (Å²) >= 11 is 0. The first-order valence-electron chi connectivity index (χ1n) is 4.77. The number of hydrogen-bond donors (Lipinski definition) is 1. The zero-order chi connectivity index (χ0) is 10.0. The maximum Gasteiger partial charge on any atom is 0.223 e. The van der Waals surface area contributed by atoms with Crippen molar-refractivity contribution in [3.63, 3.8) is 0 Å². The zero-order valence-electron chi connectivity index (χ0n) is 8.23. The Morgan fingerprint density at radius 2 is 2.07 bits per heavy atom. The van der Waals surface area contributed by atoms with E-state index in [4.69, 9.17) is 10.5 Å². The van der Waals surface area contributed by atoms with Gasteiger partial charge in [0.25, 0.3) is 0 Å². The van der Waals surface area contributed by atoms with Crippen molar-refractivity contribution < 1.29 is 4.74 Å². The lowest BCUT2D eigenvalue weighted by molar-refractivity contribution is -0.0163. The Morgan fingerprint density at radius 1 is 1.36 bits per heavy atom. The molecule has 0 bridgehead atoms. The lowest BCUT2D eigenvalue weighted by Gasteiger charge is -2.25. The van der Waals surface area contributed by atoms with Crippen LogP contribution in [0.15, 0.2) is 6.33 Å². The topological polar surface area (TPSA) is 73.9 Å². The third-order valence-corrected chi connectivity index (χ3v) is 2.80. The smallest absolute Gasteiger partial charge is 0.223 e. The van der Waals surface area contributed by atoms with Gasteiger partial charge in [0.2, 0.25) is 5.95 Å². The number of hydrogen-bond acceptors (Lipinski definition) is 5. The monoisotopic (exact) mass is 194 g/mol. The minimum absolute atomic E-state index is 0.262. The highest BCUT2D eigenvalue weighted by Gasteiger charge is 2.38. The number of nitrogen functional groups attached to an aromatic ring is 1. The Bertz CT molecular complexity index is 322. The van der Waals surface area contributed by atoms with Crippen molar-refractivity contribution in [2.45, 2.75) is 31.3 Å². The van der Waals surface area contributed by atoms with Gasteiger partial charge in [-0.15, -0.1) is 0 Å². The highest BCUT2D eigenvalue weighted by atomic mass is 16.5. The number of anilines is 1. The summed E-state index contributed by atoms with van der Waals surface area (Å²) < 4.78 is 5.53. The van der Waals surface area contributed by atoms with E-state index in [1.54, 1.807) is 7.11 Å². The summed E-state index contributed by atoms with van der Waals surface area (Å²) in [6, 6.07) is 0. The molecule has 1 heterocycles. The largest absolute Gasteiger partial charge is 0.370 e. The second-order valence-electron chi connectivity index (χ2n) is 3.57. The van der Waals surface area contributed by atoms with Crippen LogP contribution in [0.3, 0.4) is 0 Å². The fourth-order valence-corrected chi connectivity index (χ4v) is 1.99. The van der Waals surface area contributed by atoms with Crippen LogP contribution in [0.25, 0.3) is 0 Å². The van der Waals surface area contributed by atoms with E-state index in [0.29, 0.717) is 5.82 Å². The van der Waals surface area contributed by atoms with Crippen molar-refractivity contribution in [3.8, 4) is 0 Å². The first kappa shape index (κ1) is 9.33. The second kappa shape index (κ2) is 3.49. The van der Waals surface area contributed by atoms with E-state index in [1.807, 2.05) is 0 Å². The molecule has 5 heteroatoms. The van der Waals surface area contributed by atoms with Gasteiger partial charge in [0, 0.05) is 7.11 Å². The molecule has 1 saturated carbocycles. The minimum atomic E-state index is -0.322. The van der Waals surface area contributed by atoms with E-state index >= 15 is 0 Å². The Kier molecular flexibility index (Phi) is 2.33. The first-order valence-corrected chi connectivity index (χ1v) is 4.77. The van der Waals surface area contributed by atoms with Gasteiger partial charge >= 0.3 is 0 Å². The summed E-state index contributed by atoms with van der Waals surface area (Å²) in [7, 11) is 1.70. The molecule has 0 unspecified atom stereocenters. The fraction of sp³-hybridized carbons (Fsp3) is 0.667. The van der Waals surface area contributed by atoms with Crippen molar-refractivity contribution in [1.29, 1.82) is 0 Å². The van der Waals surface area contributed by atoms with Gasteiger partial charge in [0.1, 0.15) is 11.9 Å². The van der Waals surface area contributed by atoms with E-state index in [-0.39, 0.29) is 11.5 Å². The third-order valence-electron chi connectivity index (χ3n) is 2.80. The molecule has 0 amide bonds. The van der Waals surface area contributed by atoms with Gasteiger partial charge in [-0.25, -0.2) is 9.97 Å². The Labute approximate surface area is 82.7 Å². The lowest BCUT2D eigenvalue weighted by atomic mass is 10.0. The molecule has 1 aliphatic carbocycles. The molecular weight excluding hydrogens is 180 g/mol. The van der Waals surface area contributed by atoms with Crippen LogP contribution in [0, 0.1) is 0 Å². The van der Waals surface area contributed by atoms with Crippen LogP contribution in [0.5, 0.6) is 0 Å². The van der Waals surface area contributed by atoms with Crippen molar-refractivity contribution in [2.75, 3.05) is 12.8 Å². The number of nitrogens with zero attached hydrogens (tertiary/aromatic N) is 3. The normalized spacial score (nSPS) is 19.8. The van der Waals surface area contributed by atoms with Crippen molar-refractivity contribution in [1.82, 2.24) is 15.0 Å². The number of rotatable bonds is 2. The predicted octanol–water partition coefficient (Wildman–Crippen LogP) is 0.869. The lowest BCUT2D eigenvalue weighted by Crippen LogP contribution is -2.27. The van der Waals surface area contributed by atoms with Gasteiger partial charge < -0.3 is 10.5 Å². The predicted molar refractivity (Wildman–Crippen MR) is 51.4 cm³/mol. The van der Waals surface area contributed by atoms with Gasteiger partial charge in [-0.1, -0.05) is 0 Å². The molecule has 0 spiro atoms. The van der Waals surface area contributed by atoms with Gasteiger partial charge in [0.15, 0.2) is 5.82 Å². The Balaban J connectivity index is 2.35. The van der Waals surface area contributed by atoms with Crippen LogP contribution in [-0.4, -0.2) is 22.1 Å². The highest BCUT2D eigenvalue weighted by Crippen LogP contribution is 2.39. The van der Waals surface area contributed by atoms with Crippen LogP contribution in [0.4, 0.5) is 5.95 Å². The van der Waals surface area contributed by atoms with Crippen LogP contribution in [-0.2, 0) is 10.3 Å². The molecule has 5 nitrogen and oxygen atoms in total. The van der Waals surface area contributed by atoms with Gasteiger partial charge in [-0.2, -0.15) is 4.98 Å². The van der Waals surface area contributed by atoms with Crippen LogP contribution in [0.2, 0.25) is 0 Å². The van der Waals surface area contributed by atoms with Crippen LogP contribution >= 0.6 is 0 Å². The van der Waals surface area contributed by atoms with Crippen molar-refractivity contribution in [2.24, 2.45) is 0 Å². The molecule has 1 aromatic heterocycles. The maximum atomic E-state index is 5.53. The highest BCUT2D eigenvalue weighted by molar-refractivity contribution is 5.16. The molecule has 0 aromatic carbocycles. The Morgan fingerprint density at radius 3 is 2.64 bits per heavy atom. The summed E-state index contributed by atoms with van der Waals surface area (Å²) in [6.45, 7) is 0. The van der Waals surface area contributed by atoms with Gasteiger partial charge in [-0.05, 0) is 25.7 Å². The molecular formula is C9H14N4O. The van der Waals surface area contributed by atoms with E-state index in [1.165, 1.54) is 6.33 Å². The molecule has 1 aliphatic rings. The molecule has 14 heavy (non-hydrogen) atoms. The molecule has 1 aromatic rings. The van der Waals surface area contributed by atoms with Gasteiger partial charge in [0.05, 0.1) is 0 Å². The van der Waals surface area contributed by atoms with E-state index in [2.05, 4.69) is 15.0 Å². The standard InChI is InChI=1S/C9H14N4O/c1-14-9(4-2-3-5-9)7-11-6-12-8(10)13-7/h6H,2-5H2,1H3,(H2,10,11,12,13). The fourth-order valence-electron chi connectivity index (χ4n) is 1.99. The molecule has 0 saturated heterocycles. The average molecular weight is 194 g/mol. The quantitative estimate of drug-likeness (QED) is 0.756.